The van der Waals surface area contributed by atoms with Gasteiger partial charge in [-0.3, -0.25) is 14.3 Å². The third kappa shape index (κ3) is 6.62. The van der Waals surface area contributed by atoms with E-state index in [9.17, 15) is 23.5 Å². The first-order valence-electron chi connectivity index (χ1n) is 14.3. The summed E-state index contributed by atoms with van der Waals surface area (Å²) in [5, 5.41) is 22.6. The second-order valence-corrected chi connectivity index (χ2v) is 11.4. The highest BCUT2D eigenvalue weighted by Crippen LogP contribution is 2.37. The summed E-state index contributed by atoms with van der Waals surface area (Å²) >= 11 is 6.21. The third-order valence-electron chi connectivity index (χ3n) is 7.79. The summed E-state index contributed by atoms with van der Waals surface area (Å²) in [5.74, 6) is -1.29. The number of aromatic nitrogens is 5. The zero-order chi connectivity index (χ0) is 32.4. The van der Waals surface area contributed by atoms with Crippen LogP contribution in [-0.4, -0.2) is 71.5 Å². The van der Waals surface area contributed by atoms with E-state index in [0.29, 0.717) is 32.4 Å². The van der Waals surface area contributed by atoms with E-state index >= 15 is 0 Å². The van der Waals surface area contributed by atoms with Crippen LogP contribution in [0.1, 0.15) is 28.8 Å². The number of ether oxygens (including phenoxy) is 1. The van der Waals surface area contributed by atoms with Crippen molar-refractivity contribution in [3.63, 3.8) is 0 Å². The fraction of sp³-hybridized carbons (Fsp3) is 0.258. The minimum absolute atomic E-state index is 0.0122. The summed E-state index contributed by atoms with van der Waals surface area (Å²) in [5.41, 5.74) is 6.46. The SMILES string of the molecule is Nc1nn2cccnc2c1C(=O)Nc1cn(CC(=O)N2CCC(O)(Cc3ccccc3)CC2)nc1-c1cc(Cl)ccc1OC(F)F. The van der Waals surface area contributed by atoms with Gasteiger partial charge in [0.1, 0.15) is 23.6 Å². The van der Waals surface area contributed by atoms with Crippen LogP contribution >= 0.6 is 11.6 Å². The van der Waals surface area contributed by atoms with Crippen LogP contribution in [-0.2, 0) is 17.8 Å². The molecule has 46 heavy (non-hydrogen) atoms. The summed E-state index contributed by atoms with van der Waals surface area (Å²) in [6.45, 7) is -2.71. The smallest absolute Gasteiger partial charge is 0.387 e. The summed E-state index contributed by atoms with van der Waals surface area (Å²) in [4.78, 5) is 32.7. The summed E-state index contributed by atoms with van der Waals surface area (Å²) in [6, 6.07) is 15.3. The molecule has 0 unspecified atom stereocenters. The average molecular weight is 651 g/mol. The Labute approximate surface area is 266 Å². The summed E-state index contributed by atoms with van der Waals surface area (Å²) < 4.78 is 34.0. The molecule has 1 fully saturated rings. The number of alkyl halides is 2. The van der Waals surface area contributed by atoms with Crippen LogP contribution in [0.5, 0.6) is 5.75 Å². The number of hydrogen-bond donors (Lipinski definition) is 3. The molecule has 1 aliphatic heterocycles. The van der Waals surface area contributed by atoms with Gasteiger partial charge in [-0.15, -0.1) is 5.10 Å². The molecule has 0 bridgehead atoms. The Kier molecular flexibility index (Phi) is 8.56. The molecule has 0 atom stereocenters. The molecule has 4 heterocycles. The van der Waals surface area contributed by atoms with Crippen LogP contribution < -0.4 is 15.8 Å². The first-order valence-corrected chi connectivity index (χ1v) is 14.7. The first kappa shape index (κ1) is 30.9. The maximum Gasteiger partial charge on any atom is 0.387 e. The number of halogens is 3. The maximum absolute atomic E-state index is 13.5. The van der Waals surface area contributed by atoms with Crippen molar-refractivity contribution >= 4 is 40.6 Å². The van der Waals surface area contributed by atoms with Gasteiger partial charge in [0.2, 0.25) is 5.91 Å². The molecule has 12 nitrogen and oxygen atoms in total. The number of carbonyl (C=O) groups excluding carboxylic acids is 2. The minimum atomic E-state index is -3.15. The molecule has 2 amide bonds. The number of nitrogens with one attached hydrogen (secondary N) is 1. The first-order chi connectivity index (χ1) is 22.1. The number of nitrogen functional groups attached to an aromatic ring is 1. The van der Waals surface area contributed by atoms with Crippen molar-refractivity contribution in [3.05, 3.63) is 89.3 Å². The monoisotopic (exact) mass is 650 g/mol. The van der Waals surface area contributed by atoms with Crippen LogP contribution in [0.15, 0.2) is 73.2 Å². The van der Waals surface area contributed by atoms with Crippen LogP contribution in [0.4, 0.5) is 20.3 Å². The molecule has 0 aliphatic carbocycles. The number of nitrogens with zero attached hydrogens (tertiary/aromatic N) is 6. The number of amides is 2. The molecule has 5 aromatic rings. The largest absolute Gasteiger partial charge is 0.434 e. The fourth-order valence-corrected chi connectivity index (χ4v) is 5.72. The van der Waals surface area contributed by atoms with Gasteiger partial charge in [0.25, 0.3) is 5.91 Å². The van der Waals surface area contributed by atoms with Crippen molar-refractivity contribution in [2.45, 2.75) is 38.0 Å². The molecule has 3 aromatic heterocycles. The lowest BCUT2D eigenvalue weighted by Crippen LogP contribution is -2.48. The van der Waals surface area contributed by atoms with Gasteiger partial charge < -0.3 is 25.8 Å². The van der Waals surface area contributed by atoms with Gasteiger partial charge in [0, 0.05) is 48.7 Å². The molecule has 0 spiro atoms. The normalized spacial score (nSPS) is 14.5. The fourth-order valence-electron chi connectivity index (χ4n) is 5.55. The second kappa shape index (κ2) is 12.7. The number of rotatable bonds is 9. The molecule has 1 saturated heterocycles. The van der Waals surface area contributed by atoms with Crippen molar-refractivity contribution in [2.75, 3.05) is 24.1 Å². The van der Waals surface area contributed by atoms with E-state index in [0.717, 1.165) is 5.56 Å². The highest BCUT2D eigenvalue weighted by molar-refractivity contribution is 6.31. The van der Waals surface area contributed by atoms with Crippen molar-refractivity contribution in [2.24, 2.45) is 0 Å². The number of carbonyl (C=O) groups is 2. The molecule has 1 aliphatic rings. The lowest BCUT2D eigenvalue weighted by molar-refractivity contribution is -0.136. The number of piperidine rings is 1. The van der Waals surface area contributed by atoms with Gasteiger partial charge >= 0.3 is 6.61 Å². The van der Waals surface area contributed by atoms with Crippen molar-refractivity contribution in [1.82, 2.24) is 29.3 Å². The Hall–Kier alpha value is -5.08. The lowest BCUT2D eigenvalue weighted by atomic mass is 9.85. The van der Waals surface area contributed by atoms with Gasteiger partial charge in [-0.05, 0) is 42.7 Å². The minimum Gasteiger partial charge on any atom is -0.434 e. The molecule has 2 aromatic carbocycles. The third-order valence-corrected chi connectivity index (χ3v) is 8.03. The Morgan fingerprint density at radius 3 is 2.61 bits per heavy atom. The molecule has 238 valence electrons. The maximum atomic E-state index is 13.5. The number of hydrogen-bond acceptors (Lipinski definition) is 8. The number of benzene rings is 2. The van der Waals surface area contributed by atoms with E-state index in [1.807, 2.05) is 30.3 Å². The van der Waals surface area contributed by atoms with Gasteiger partial charge in [0.05, 0.1) is 11.3 Å². The average Bonchev–Trinajstić information content (AvgIpc) is 3.57. The topological polar surface area (TPSA) is 153 Å². The van der Waals surface area contributed by atoms with Crippen molar-refractivity contribution in [3.8, 4) is 17.0 Å². The molecule has 0 radical (unpaired) electrons. The Balaban J connectivity index is 1.26. The van der Waals surface area contributed by atoms with E-state index in [1.54, 1.807) is 17.2 Å². The van der Waals surface area contributed by atoms with E-state index in [1.165, 1.54) is 39.8 Å². The number of likely N-dealkylation sites (tertiary alicyclic amines) is 1. The Bertz CT molecular complexity index is 1890. The predicted octanol–water partition coefficient (Wildman–Crippen LogP) is 4.28. The van der Waals surface area contributed by atoms with Crippen molar-refractivity contribution in [1.29, 1.82) is 0 Å². The number of aliphatic hydroxyl groups is 1. The van der Waals surface area contributed by atoms with E-state index in [-0.39, 0.29) is 57.2 Å². The molecular formula is C31H29ClF2N8O4. The standard InChI is InChI=1S/C31H29ClF2N8O4/c32-20-7-8-23(46-30(33)34)21(15-20)26-22(37-29(44)25-27(35)39-42-12-4-11-36-28(25)42)17-41(38-26)18-24(43)40-13-9-31(45,10-14-40)16-19-5-2-1-3-6-19/h1-8,11-12,15,17,30,45H,9-10,13-14,16,18H2,(H2,35,39)(H,37,44). The van der Waals surface area contributed by atoms with Gasteiger partial charge in [-0.2, -0.15) is 13.9 Å². The Morgan fingerprint density at radius 1 is 1.11 bits per heavy atom. The lowest BCUT2D eigenvalue weighted by Gasteiger charge is -2.38. The van der Waals surface area contributed by atoms with Gasteiger partial charge in [-0.1, -0.05) is 41.9 Å². The molecule has 6 rings (SSSR count). The number of fused-ring (bicyclic) bond motifs is 1. The zero-order valence-electron chi connectivity index (χ0n) is 24.3. The summed E-state index contributed by atoms with van der Waals surface area (Å²) in [7, 11) is 0. The van der Waals surface area contributed by atoms with Crippen LogP contribution in [0.25, 0.3) is 16.9 Å². The molecule has 4 N–H and O–H groups in total. The zero-order valence-corrected chi connectivity index (χ0v) is 25.1. The highest BCUT2D eigenvalue weighted by atomic mass is 35.5. The van der Waals surface area contributed by atoms with Crippen LogP contribution in [0, 0.1) is 0 Å². The highest BCUT2D eigenvalue weighted by Gasteiger charge is 2.34. The summed E-state index contributed by atoms with van der Waals surface area (Å²) in [6.07, 6.45) is 5.73. The second-order valence-electron chi connectivity index (χ2n) is 11.0. The van der Waals surface area contributed by atoms with E-state index < -0.39 is 18.1 Å². The van der Waals surface area contributed by atoms with Gasteiger partial charge in [0.15, 0.2) is 11.5 Å². The van der Waals surface area contributed by atoms with E-state index in [4.69, 9.17) is 22.1 Å². The molecule has 0 saturated carbocycles. The Morgan fingerprint density at radius 2 is 1.87 bits per heavy atom. The van der Waals surface area contributed by atoms with Crippen LogP contribution in [0.3, 0.4) is 0 Å². The van der Waals surface area contributed by atoms with Crippen molar-refractivity contribution < 1.29 is 28.2 Å². The van der Waals surface area contributed by atoms with Crippen LogP contribution in [0.2, 0.25) is 5.02 Å². The number of anilines is 2. The van der Waals surface area contributed by atoms with Gasteiger partial charge in [-0.25, -0.2) is 9.50 Å². The molecular weight excluding hydrogens is 622 g/mol. The quantitative estimate of drug-likeness (QED) is 0.214. The predicted molar refractivity (Wildman–Crippen MR) is 166 cm³/mol. The van der Waals surface area contributed by atoms with E-state index in [2.05, 4.69) is 20.5 Å². The molecule has 15 heteroatoms. The number of nitrogens with two attached hydrogens (primary N) is 1.